The number of nitrogens with one attached hydrogen (secondary N) is 2. The minimum atomic E-state index is -1.20. The number of Topliss-reactive ketones (excluding diaryl/α,β-unsaturated/α-hetero) is 1. The zero-order valence-electron chi connectivity index (χ0n) is 20.3. The minimum absolute atomic E-state index is 0.0252. The third-order valence-electron chi connectivity index (χ3n) is 4.48. The average molecular weight is 508 g/mol. The first-order valence-corrected chi connectivity index (χ1v) is 11.7. The van der Waals surface area contributed by atoms with Crippen molar-refractivity contribution in [2.45, 2.75) is 71.6 Å². The van der Waals surface area contributed by atoms with Crippen molar-refractivity contribution in [1.29, 1.82) is 0 Å². The summed E-state index contributed by atoms with van der Waals surface area (Å²) in [5.41, 5.74) is -0.260. The topological polar surface area (TPSA) is 97.4 Å². The zero-order valence-corrected chi connectivity index (χ0v) is 21.8. The average Bonchev–Trinajstić information content (AvgIpc) is 2.70. The van der Waals surface area contributed by atoms with Crippen LogP contribution in [-0.2, 0) is 16.0 Å². The number of ether oxygens (including phenoxy) is 1. The molecular weight excluding hydrogens is 477 g/mol. The van der Waals surface area contributed by atoms with Crippen LogP contribution in [0.3, 0.4) is 0 Å². The van der Waals surface area contributed by atoms with E-state index < -0.39 is 29.2 Å². The molecule has 0 aliphatic rings. The van der Waals surface area contributed by atoms with Gasteiger partial charge in [0.15, 0.2) is 5.78 Å². The quantitative estimate of drug-likeness (QED) is 0.501. The molecule has 0 aliphatic carbocycles. The predicted octanol–water partition coefficient (Wildman–Crippen LogP) is 5.68. The Morgan fingerprint density at radius 3 is 2.35 bits per heavy atom. The van der Waals surface area contributed by atoms with E-state index in [0.29, 0.717) is 22.0 Å². The molecule has 1 heterocycles. The van der Waals surface area contributed by atoms with Gasteiger partial charge in [-0.3, -0.25) is 14.6 Å². The van der Waals surface area contributed by atoms with Gasteiger partial charge in [-0.2, -0.15) is 0 Å². The van der Waals surface area contributed by atoms with Gasteiger partial charge in [0.1, 0.15) is 11.6 Å². The number of nitrogens with zero attached hydrogens (tertiary/aromatic N) is 1. The highest BCUT2D eigenvalue weighted by atomic mass is 35.5. The van der Waals surface area contributed by atoms with Gasteiger partial charge >= 0.3 is 6.09 Å². The normalized spacial score (nSPS) is 12.6. The number of aryl methyl sites for hydroxylation is 1. The molecule has 34 heavy (non-hydrogen) atoms. The Bertz CT molecular complexity index is 1060. The SMILES string of the molecule is CC(C)(C)NC(=O)c1cccnc1C(NC(=O)OC(C)(C)C)C(=O)CCc1cc(Cl)ccc1Cl. The summed E-state index contributed by atoms with van der Waals surface area (Å²) in [4.78, 5) is 43.2. The highest BCUT2D eigenvalue weighted by Crippen LogP contribution is 2.25. The number of carbonyl (C=O) groups is 3. The molecule has 0 saturated heterocycles. The van der Waals surface area contributed by atoms with Gasteiger partial charge in [0, 0.05) is 28.2 Å². The van der Waals surface area contributed by atoms with E-state index in [1.807, 2.05) is 20.8 Å². The fourth-order valence-electron chi connectivity index (χ4n) is 3.11. The highest BCUT2D eigenvalue weighted by molar-refractivity contribution is 6.33. The lowest BCUT2D eigenvalue weighted by Crippen LogP contribution is -2.43. The van der Waals surface area contributed by atoms with E-state index in [4.69, 9.17) is 27.9 Å². The van der Waals surface area contributed by atoms with E-state index in [9.17, 15) is 14.4 Å². The lowest BCUT2D eigenvalue weighted by Gasteiger charge is -2.25. The van der Waals surface area contributed by atoms with Crippen molar-refractivity contribution < 1.29 is 19.1 Å². The molecule has 0 radical (unpaired) electrons. The molecule has 2 aromatic rings. The van der Waals surface area contributed by atoms with Crippen molar-refractivity contribution >= 4 is 41.0 Å². The van der Waals surface area contributed by atoms with Gasteiger partial charge < -0.3 is 15.4 Å². The molecular formula is C25H31Cl2N3O4. The summed E-state index contributed by atoms with van der Waals surface area (Å²) in [7, 11) is 0. The Balaban J connectivity index is 2.38. The van der Waals surface area contributed by atoms with Gasteiger partial charge in [0.25, 0.3) is 5.91 Å². The summed E-state index contributed by atoms with van der Waals surface area (Å²) < 4.78 is 5.35. The third-order valence-corrected chi connectivity index (χ3v) is 5.08. The van der Waals surface area contributed by atoms with Crippen molar-refractivity contribution in [1.82, 2.24) is 15.6 Å². The van der Waals surface area contributed by atoms with Crippen LogP contribution >= 0.6 is 23.2 Å². The molecule has 1 aromatic carbocycles. The number of alkyl carbamates (subject to hydrolysis) is 1. The number of pyridine rings is 1. The molecule has 0 fully saturated rings. The number of rotatable bonds is 7. The molecule has 2 N–H and O–H groups in total. The second kappa shape index (κ2) is 11.2. The lowest BCUT2D eigenvalue weighted by atomic mass is 9.97. The largest absolute Gasteiger partial charge is 0.444 e. The molecule has 0 bridgehead atoms. The van der Waals surface area contributed by atoms with Crippen molar-refractivity contribution in [3.63, 3.8) is 0 Å². The summed E-state index contributed by atoms with van der Waals surface area (Å²) in [6, 6.07) is 6.98. The van der Waals surface area contributed by atoms with Crippen LogP contribution in [0.25, 0.3) is 0 Å². The highest BCUT2D eigenvalue weighted by Gasteiger charge is 2.31. The number of hydrogen-bond donors (Lipinski definition) is 2. The van der Waals surface area contributed by atoms with Gasteiger partial charge in [-0.1, -0.05) is 23.2 Å². The van der Waals surface area contributed by atoms with Gasteiger partial charge in [-0.05, 0) is 83.9 Å². The van der Waals surface area contributed by atoms with Crippen LogP contribution in [0, 0.1) is 0 Å². The zero-order chi connectivity index (χ0) is 25.7. The summed E-state index contributed by atoms with van der Waals surface area (Å²) in [6.07, 6.45) is 0.992. The predicted molar refractivity (Wildman–Crippen MR) is 133 cm³/mol. The Morgan fingerprint density at radius 1 is 1.06 bits per heavy atom. The monoisotopic (exact) mass is 507 g/mol. The molecule has 2 amide bonds. The van der Waals surface area contributed by atoms with Crippen molar-refractivity contribution in [3.8, 4) is 0 Å². The number of carbonyl (C=O) groups excluding carboxylic acids is 3. The van der Waals surface area contributed by atoms with E-state index >= 15 is 0 Å². The van der Waals surface area contributed by atoms with E-state index in [1.54, 1.807) is 51.1 Å². The molecule has 0 saturated carbocycles. The van der Waals surface area contributed by atoms with Gasteiger partial charge in [-0.15, -0.1) is 0 Å². The standard InChI is InChI=1S/C25H31Cl2N3O4/c1-24(2,3)30-22(32)17-8-7-13-28-20(17)21(29-23(33)34-25(4,5)6)19(31)12-9-15-14-16(26)10-11-18(15)27/h7-8,10-11,13-14,21H,9,12H2,1-6H3,(H,29,33)(H,30,32). The molecule has 1 atom stereocenters. The first kappa shape index (κ1) is 27.6. The molecule has 1 unspecified atom stereocenters. The summed E-state index contributed by atoms with van der Waals surface area (Å²) in [6.45, 7) is 10.7. The molecule has 0 aliphatic heterocycles. The van der Waals surface area contributed by atoms with Crippen LogP contribution < -0.4 is 10.6 Å². The maximum Gasteiger partial charge on any atom is 0.408 e. The van der Waals surface area contributed by atoms with Crippen molar-refractivity contribution in [3.05, 3.63) is 63.4 Å². The van der Waals surface area contributed by atoms with Crippen LogP contribution in [0.2, 0.25) is 10.0 Å². The van der Waals surface area contributed by atoms with E-state index in [1.165, 1.54) is 6.20 Å². The molecule has 184 valence electrons. The van der Waals surface area contributed by atoms with Crippen LogP contribution in [-0.4, -0.2) is 33.9 Å². The molecule has 2 rings (SSSR count). The van der Waals surface area contributed by atoms with Crippen LogP contribution in [0.1, 0.15) is 75.6 Å². The van der Waals surface area contributed by atoms with Crippen LogP contribution in [0.4, 0.5) is 4.79 Å². The summed E-state index contributed by atoms with van der Waals surface area (Å²) in [5, 5.41) is 6.45. The van der Waals surface area contributed by atoms with E-state index in [0.717, 1.165) is 0 Å². The summed E-state index contributed by atoms with van der Waals surface area (Å²) >= 11 is 12.3. The first-order valence-electron chi connectivity index (χ1n) is 10.9. The molecule has 7 nitrogen and oxygen atoms in total. The van der Waals surface area contributed by atoms with Gasteiger partial charge in [-0.25, -0.2) is 4.79 Å². The lowest BCUT2D eigenvalue weighted by molar-refractivity contribution is -0.121. The fourth-order valence-corrected chi connectivity index (χ4v) is 3.52. The van der Waals surface area contributed by atoms with E-state index in [-0.39, 0.29) is 23.5 Å². The molecule has 9 heteroatoms. The van der Waals surface area contributed by atoms with Gasteiger partial charge in [0.2, 0.25) is 0 Å². The number of aromatic nitrogens is 1. The van der Waals surface area contributed by atoms with Crippen molar-refractivity contribution in [2.24, 2.45) is 0 Å². The minimum Gasteiger partial charge on any atom is -0.444 e. The smallest absolute Gasteiger partial charge is 0.408 e. The van der Waals surface area contributed by atoms with Crippen LogP contribution in [0.15, 0.2) is 36.5 Å². The Labute approximate surface area is 210 Å². The summed E-state index contributed by atoms with van der Waals surface area (Å²) in [5.74, 6) is -0.761. The Kier molecular flexibility index (Phi) is 9.08. The Morgan fingerprint density at radius 2 is 1.74 bits per heavy atom. The second-order valence-electron chi connectivity index (χ2n) is 9.92. The fraction of sp³-hybridized carbons (Fsp3) is 0.440. The number of halogens is 2. The number of ketones is 1. The number of benzene rings is 1. The number of amides is 2. The van der Waals surface area contributed by atoms with Gasteiger partial charge in [0.05, 0.1) is 11.3 Å². The molecule has 0 spiro atoms. The Hall–Kier alpha value is -2.64. The maximum absolute atomic E-state index is 13.4. The number of hydrogen-bond acceptors (Lipinski definition) is 5. The van der Waals surface area contributed by atoms with E-state index in [2.05, 4.69) is 15.6 Å². The van der Waals surface area contributed by atoms with Crippen molar-refractivity contribution in [2.75, 3.05) is 0 Å². The van der Waals surface area contributed by atoms with Crippen LogP contribution in [0.5, 0.6) is 0 Å². The molecule has 1 aromatic heterocycles. The third kappa shape index (κ3) is 8.61. The maximum atomic E-state index is 13.4. The second-order valence-corrected chi connectivity index (χ2v) is 10.8. The first-order chi connectivity index (χ1) is 15.7.